The lowest BCUT2D eigenvalue weighted by Gasteiger charge is -2.25. The standard InChI is InChI=1S/C16H24BrN/c1-2-16(14-9-6-10-15(17)11-14)18-12-13-7-4-3-5-8-13/h6,9-11,13,16,18H,2-5,7-8,12H2,1H3. The fourth-order valence-corrected chi connectivity index (χ4v) is 3.34. The Hall–Kier alpha value is -0.340. The zero-order chi connectivity index (χ0) is 12.8. The first kappa shape index (κ1) is 14.1. The van der Waals surface area contributed by atoms with Gasteiger partial charge in [-0.1, -0.05) is 54.2 Å². The van der Waals surface area contributed by atoms with E-state index in [1.807, 2.05) is 0 Å². The molecule has 1 aromatic carbocycles. The van der Waals surface area contributed by atoms with E-state index in [4.69, 9.17) is 0 Å². The van der Waals surface area contributed by atoms with Crippen LogP contribution in [0.1, 0.15) is 57.1 Å². The lowest BCUT2D eigenvalue weighted by Crippen LogP contribution is -2.28. The largest absolute Gasteiger partial charge is 0.310 e. The van der Waals surface area contributed by atoms with Gasteiger partial charge < -0.3 is 5.32 Å². The van der Waals surface area contributed by atoms with Gasteiger partial charge in [0.2, 0.25) is 0 Å². The fourth-order valence-electron chi connectivity index (χ4n) is 2.92. The minimum atomic E-state index is 0.504. The highest BCUT2D eigenvalue weighted by Gasteiger charge is 2.15. The third-order valence-electron chi connectivity index (χ3n) is 4.04. The van der Waals surface area contributed by atoms with Gasteiger partial charge in [0.05, 0.1) is 0 Å². The van der Waals surface area contributed by atoms with Gasteiger partial charge in [-0.2, -0.15) is 0 Å². The molecule has 1 N–H and O–H groups in total. The van der Waals surface area contributed by atoms with E-state index in [0.717, 1.165) is 12.3 Å². The van der Waals surface area contributed by atoms with Crippen LogP contribution in [0.2, 0.25) is 0 Å². The van der Waals surface area contributed by atoms with Gasteiger partial charge in [-0.05, 0) is 49.4 Å². The summed E-state index contributed by atoms with van der Waals surface area (Å²) in [6.07, 6.45) is 8.30. The Morgan fingerprint density at radius 3 is 2.72 bits per heavy atom. The second-order valence-corrected chi connectivity index (χ2v) is 6.34. The molecule has 100 valence electrons. The maximum atomic E-state index is 3.76. The summed E-state index contributed by atoms with van der Waals surface area (Å²) in [5.41, 5.74) is 1.41. The zero-order valence-electron chi connectivity index (χ0n) is 11.3. The first-order valence-electron chi connectivity index (χ1n) is 7.28. The fraction of sp³-hybridized carbons (Fsp3) is 0.625. The van der Waals surface area contributed by atoms with Gasteiger partial charge in [-0.3, -0.25) is 0 Å². The summed E-state index contributed by atoms with van der Waals surface area (Å²) < 4.78 is 1.18. The van der Waals surface area contributed by atoms with Crippen molar-refractivity contribution in [3.05, 3.63) is 34.3 Å². The number of hydrogen-bond acceptors (Lipinski definition) is 1. The molecule has 0 saturated heterocycles. The molecule has 2 rings (SSSR count). The highest BCUT2D eigenvalue weighted by atomic mass is 79.9. The molecule has 2 heteroatoms. The molecule has 1 atom stereocenters. The van der Waals surface area contributed by atoms with E-state index in [1.54, 1.807) is 0 Å². The summed E-state index contributed by atoms with van der Waals surface area (Å²) in [7, 11) is 0. The lowest BCUT2D eigenvalue weighted by atomic mass is 9.89. The zero-order valence-corrected chi connectivity index (χ0v) is 12.9. The molecule has 1 aromatic rings. The normalized spacial score (nSPS) is 18.8. The molecule has 0 radical (unpaired) electrons. The third kappa shape index (κ3) is 4.10. The van der Waals surface area contributed by atoms with E-state index in [1.165, 1.54) is 48.7 Å². The topological polar surface area (TPSA) is 12.0 Å². The maximum absolute atomic E-state index is 3.76. The van der Waals surface area contributed by atoms with Gasteiger partial charge in [-0.15, -0.1) is 0 Å². The second-order valence-electron chi connectivity index (χ2n) is 5.43. The van der Waals surface area contributed by atoms with Crippen LogP contribution in [0.25, 0.3) is 0 Å². The first-order chi connectivity index (χ1) is 8.79. The van der Waals surface area contributed by atoms with Gasteiger partial charge in [0.1, 0.15) is 0 Å². The van der Waals surface area contributed by atoms with Crippen LogP contribution in [-0.4, -0.2) is 6.54 Å². The molecule has 1 unspecified atom stereocenters. The molecule has 0 heterocycles. The van der Waals surface area contributed by atoms with Crippen molar-refractivity contribution in [2.24, 2.45) is 5.92 Å². The molecular formula is C16H24BrN. The summed E-state index contributed by atoms with van der Waals surface area (Å²) in [4.78, 5) is 0. The number of nitrogens with one attached hydrogen (secondary N) is 1. The van der Waals surface area contributed by atoms with Crippen molar-refractivity contribution in [2.75, 3.05) is 6.54 Å². The van der Waals surface area contributed by atoms with Crippen molar-refractivity contribution in [2.45, 2.75) is 51.5 Å². The molecule has 0 aromatic heterocycles. The first-order valence-corrected chi connectivity index (χ1v) is 8.07. The van der Waals surface area contributed by atoms with Crippen molar-refractivity contribution < 1.29 is 0 Å². The lowest BCUT2D eigenvalue weighted by molar-refractivity contribution is 0.326. The Kier molecular flexibility index (Phi) is 5.71. The van der Waals surface area contributed by atoms with Gasteiger partial charge in [0.15, 0.2) is 0 Å². The highest BCUT2D eigenvalue weighted by Crippen LogP contribution is 2.25. The van der Waals surface area contributed by atoms with Crippen molar-refractivity contribution >= 4 is 15.9 Å². The summed E-state index contributed by atoms with van der Waals surface area (Å²) in [5, 5.41) is 3.76. The van der Waals surface area contributed by atoms with E-state index in [2.05, 4.69) is 52.4 Å². The van der Waals surface area contributed by atoms with Crippen LogP contribution in [0.5, 0.6) is 0 Å². The minimum absolute atomic E-state index is 0.504. The summed E-state index contributed by atoms with van der Waals surface area (Å²) >= 11 is 3.56. The van der Waals surface area contributed by atoms with Gasteiger partial charge >= 0.3 is 0 Å². The predicted molar refractivity (Wildman–Crippen MR) is 81.8 cm³/mol. The van der Waals surface area contributed by atoms with Crippen LogP contribution in [0, 0.1) is 5.92 Å². The Morgan fingerprint density at radius 1 is 1.28 bits per heavy atom. The van der Waals surface area contributed by atoms with Crippen molar-refractivity contribution in [3.8, 4) is 0 Å². The van der Waals surface area contributed by atoms with E-state index in [-0.39, 0.29) is 0 Å². The van der Waals surface area contributed by atoms with E-state index in [0.29, 0.717) is 6.04 Å². The highest BCUT2D eigenvalue weighted by molar-refractivity contribution is 9.10. The minimum Gasteiger partial charge on any atom is -0.310 e. The van der Waals surface area contributed by atoms with E-state index >= 15 is 0 Å². The van der Waals surface area contributed by atoms with Gasteiger partial charge in [-0.25, -0.2) is 0 Å². The number of benzene rings is 1. The van der Waals surface area contributed by atoms with Crippen LogP contribution in [0.15, 0.2) is 28.7 Å². The van der Waals surface area contributed by atoms with Gasteiger partial charge in [0, 0.05) is 10.5 Å². The van der Waals surface area contributed by atoms with E-state index < -0.39 is 0 Å². The number of halogens is 1. The Labute approximate surface area is 119 Å². The van der Waals surface area contributed by atoms with Crippen molar-refractivity contribution in [3.63, 3.8) is 0 Å². The van der Waals surface area contributed by atoms with Crippen molar-refractivity contribution in [1.29, 1.82) is 0 Å². The number of hydrogen-bond donors (Lipinski definition) is 1. The molecule has 0 spiro atoms. The molecular weight excluding hydrogens is 286 g/mol. The molecule has 0 amide bonds. The van der Waals surface area contributed by atoms with Crippen LogP contribution < -0.4 is 5.32 Å². The third-order valence-corrected chi connectivity index (χ3v) is 4.53. The molecule has 18 heavy (non-hydrogen) atoms. The number of rotatable bonds is 5. The summed E-state index contributed by atoms with van der Waals surface area (Å²) in [6.45, 7) is 3.45. The second kappa shape index (κ2) is 7.30. The molecule has 0 bridgehead atoms. The molecule has 1 aliphatic rings. The summed E-state index contributed by atoms with van der Waals surface area (Å²) in [5.74, 6) is 0.903. The Balaban J connectivity index is 1.88. The molecule has 1 aliphatic carbocycles. The molecule has 1 nitrogen and oxygen atoms in total. The van der Waals surface area contributed by atoms with Crippen LogP contribution in [-0.2, 0) is 0 Å². The average Bonchev–Trinajstić information content (AvgIpc) is 2.41. The smallest absolute Gasteiger partial charge is 0.0318 e. The SMILES string of the molecule is CCC(NCC1CCCCC1)c1cccc(Br)c1. The van der Waals surface area contributed by atoms with Crippen LogP contribution in [0.3, 0.4) is 0 Å². The molecule has 1 fully saturated rings. The van der Waals surface area contributed by atoms with Crippen LogP contribution >= 0.6 is 15.9 Å². The quantitative estimate of drug-likeness (QED) is 0.800. The Morgan fingerprint density at radius 2 is 2.06 bits per heavy atom. The molecule has 0 aliphatic heterocycles. The summed E-state index contributed by atoms with van der Waals surface area (Å²) in [6, 6.07) is 9.20. The Bertz CT molecular complexity index is 358. The maximum Gasteiger partial charge on any atom is 0.0318 e. The predicted octanol–water partition coefficient (Wildman–Crippen LogP) is 5.07. The van der Waals surface area contributed by atoms with Gasteiger partial charge in [0.25, 0.3) is 0 Å². The van der Waals surface area contributed by atoms with E-state index in [9.17, 15) is 0 Å². The van der Waals surface area contributed by atoms with Crippen molar-refractivity contribution in [1.82, 2.24) is 5.32 Å². The monoisotopic (exact) mass is 309 g/mol. The molecule has 1 saturated carbocycles. The van der Waals surface area contributed by atoms with Crippen LogP contribution in [0.4, 0.5) is 0 Å². The average molecular weight is 310 g/mol.